The van der Waals surface area contributed by atoms with Crippen LogP contribution in [-0.2, 0) is 9.53 Å². The van der Waals surface area contributed by atoms with Gasteiger partial charge in [-0.1, -0.05) is 0 Å². The fourth-order valence-corrected chi connectivity index (χ4v) is 0.429. The molecule has 18 heavy (non-hydrogen) atoms. The van der Waals surface area contributed by atoms with E-state index in [1.165, 1.54) is 0 Å². The first-order chi connectivity index (χ1) is 7.75. The molecule has 0 saturated carbocycles. The van der Waals surface area contributed by atoms with E-state index in [1.54, 1.807) is 0 Å². The highest BCUT2D eigenvalue weighted by molar-refractivity contribution is 5.77. The molecule has 0 amide bonds. The molecule has 0 bridgehead atoms. The Morgan fingerprint density at radius 2 is 1.28 bits per heavy atom. The molecule has 0 aliphatic heterocycles. The normalized spacial score (nSPS) is 15.4. The summed E-state index contributed by atoms with van der Waals surface area (Å²) in [6, 6.07) is -3.35. The van der Waals surface area contributed by atoms with Crippen molar-refractivity contribution in [2.45, 2.75) is 18.5 Å². The summed E-state index contributed by atoms with van der Waals surface area (Å²) in [5, 5.41) is 0. The van der Waals surface area contributed by atoms with Crippen LogP contribution in [-0.4, -0.2) is 37.8 Å². The molecule has 1 unspecified atom stereocenters. The maximum atomic E-state index is 12.4. The van der Waals surface area contributed by atoms with Crippen LogP contribution in [0.25, 0.3) is 0 Å². The van der Waals surface area contributed by atoms with Crippen molar-refractivity contribution in [1.82, 2.24) is 0 Å². The third-order valence-electron chi connectivity index (χ3n) is 0.996. The third-order valence-corrected chi connectivity index (χ3v) is 0.996. The minimum Gasteiger partial charge on any atom is -0.328 e. The zero-order chi connectivity index (χ0) is 15.2. The predicted molar refractivity (Wildman–Crippen MR) is 35.1 cm³/mol. The summed E-state index contributed by atoms with van der Waals surface area (Å²) in [6.07, 6.45) is -11.4. The van der Waals surface area contributed by atoms with Gasteiger partial charge in [0.25, 0.3) is 0 Å². The van der Waals surface area contributed by atoms with Crippen molar-refractivity contribution in [2.24, 2.45) is 0 Å². The summed E-state index contributed by atoms with van der Waals surface area (Å²) in [4.78, 5) is 9.61. The number of rotatable bonds is 4. The first-order valence-corrected chi connectivity index (χ1v) is 3.67. The second kappa shape index (κ2) is 6.75. The monoisotopic (exact) mass is 298 g/mol. The summed E-state index contributed by atoms with van der Waals surface area (Å²) in [7, 11) is 0. The van der Waals surface area contributed by atoms with Gasteiger partial charge in [-0.25, -0.2) is 4.39 Å². The quantitative estimate of drug-likeness (QED) is 0.588. The van der Waals surface area contributed by atoms with Crippen LogP contribution in [0.4, 0.5) is 43.9 Å². The topological polar surface area (TPSA) is 26.3 Å². The number of halogens is 10. The van der Waals surface area contributed by atoms with Crippen molar-refractivity contribution in [2.75, 3.05) is 13.3 Å². The number of carbonyl (C=O) groups is 1. The van der Waals surface area contributed by atoms with E-state index in [0.29, 0.717) is 0 Å². The third kappa shape index (κ3) is 8.08. The zero-order valence-corrected chi connectivity index (χ0v) is 8.01. The van der Waals surface area contributed by atoms with Gasteiger partial charge in [-0.15, -0.1) is 17.6 Å². The van der Waals surface area contributed by atoms with Gasteiger partial charge in [-0.3, -0.25) is 4.79 Å². The maximum Gasteiger partial charge on any atom is 0.559 e. The molecule has 1 atom stereocenters. The lowest BCUT2D eigenvalue weighted by molar-refractivity contribution is -0.319. The maximum absolute atomic E-state index is 12.4. The molecular formula is C6H4F10O2. The minimum absolute atomic E-state index is 1.36. The van der Waals surface area contributed by atoms with Crippen molar-refractivity contribution in [3.8, 4) is 0 Å². The molecular weight excluding hydrogens is 294 g/mol. The molecule has 0 aliphatic rings. The lowest BCUT2D eigenvalue weighted by Gasteiger charge is -2.22. The Labute approximate surface area is 92.5 Å². The van der Waals surface area contributed by atoms with Crippen LogP contribution in [0.3, 0.4) is 0 Å². The lowest BCUT2D eigenvalue weighted by atomic mass is 10.3. The van der Waals surface area contributed by atoms with Gasteiger partial charge in [0.05, 0.1) is 6.61 Å². The second-order valence-corrected chi connectivity index (χ2v) is 2.33. The molecule has 0 aromatic heterocycles. The Morgan fingerprint density at radius 3 is 1.44 bits per heavy atom. The van der Waals surface area contributed by atoms with E-state index in [2.05, 4.69) is 4.74 Å². The molecule has 0 saturated heterocycles. The van der Waals surface area contributed by atoms with Gasteiger partial charge in [0, 0.05) is 0 Å². The smallest absolute Gasteiger partial charge is 0.328 e. The van der Waals surface area contributed by atoms with Gasteiger partial charge >= 0.3 is 24.5 Å². The van der Waals surface area contributed by atoms with Crippen molar-refractivity contribution >= 4 is 6.04 Å². The lowest BCUT2D eigenvalue weighted by Crippen LogP contribution is -2.49. The molecule has 0 radical (unpaired) electrons. The number of hydrogen-bond donors (Lipinski definition) is 0. The highest BCUT2D eigenvalue weighted by atomic mass is 19.5. The second-order valence-electron chi connectivity index (χ2n) is 2.33. The Morgan fingerprint density at radius 1 is 0.944 bits per heavy atom. The summed E-state index contributed by atoms with van der Waals surface area (Å²) in [6.45, 7) is -2.82. The molecule has 0 rings (SSSR count). The Balaban J connectivity index is 0. The summed E-state index contributed by atoms with van der Waals surface area (Å²) in [5.74, 6) is -5.06. The summed E-state index contributed by atoms with van der Waals surface area (Å²) >= 11 is 0. The van der Waals surface area contributed by atoms with E-state index >= 15 is 0 Å². The molecule has 12 heteroatoms. The molecule has 0 fully saturated rings. The van der Waals surface area contributed by atoms with Gasteiger partial charge in [0.1, 0.15) is 6.67 Å². The van der Waals surface area contributed by atoms with Crippen LogP contribution in [0, 0.1) is 0 Å². The molecule has 110 valence electrons. The van der Waals surface area contributed by atoms with E-state index in [0.717, 1.165) is 0 Å². The highest BCUT2D eigenvalue weighted by Crippen LogP contribution is 2.36. The number of carbonyl (C=O) groups excluding carboxylic acids is 1. The van der Waals surface area contributed by atoms with E-state index < -0.39 is 37.8 Å². The van der Waals surface area contributed by atoms with Crippen LogP contribution in [0.1, 0.15) is 0 Å². The molecule has 0 aliphatic carbocycles. The van der Waals surface area contributed by atoms with Gasteiger partial charge in [-0.05, 0) is 0 Å². The van der Waals surface area contributed by atoms with Crippen molar-refractivity contribution < 1.29 is 53.4 Å². The van der Waals surface area contributed by atoms with Crippen molar-refractivity contribution in [3.05, 3.63) is 0 Å². The van der Waals surface area contributed by atoms with Crippen molar-refractivity contribution in [3.63, 3.8) is 0 Å². The number of ether oxygens (including phenoxy) is 1. The first kappa shape index (κ1) is 19.3. The molecule has 0 spiro atoms. The molecule has 0 N–H and O–H groups in total. The average Bonchev–Trinajstić information content (AvgIpc) is 2.09. The number of hydrogen-bond acceptors (Lipinski definition) is 2. The largest absolute Gasteiger partial charge is 0.559 e. The van der Waals surface area contributed by atoms with E-state index in [1.807, 2.05) is 0 Å². The van der Waals surface area contributed by atoms with E-state index in [4.69, 9.17) is 0 Å². The first-order valence-electron chi connectivity index (χ1n) is 3.67. The van der Waals surface area contributed by atoms with E-state index in [9.17, 15) is 48.7 Å². The van der Waals surface area contributed by atoms with E-state index in [-0.39, 0.29) is 0 Å². The average molecular weight is 298 g/mol. The Kier molecular flexibility index (Phi) is 7.23. The van der Waals surface area contributed by atoms with Gasteiger partial charge in [-0.2, -0.15) is 22.0 Å². The molecule has 2 nitrogen and oxygen atoms in total. The molecule has 0 aromatic carbocycles. The van der Waals surface area contributed by atoms with Crippen molar-refractivity contribution in [1.29, 1.82) is 0 Å². The SMILES string of the molecule is FC(F)(F)F.O=C(F)C(F)(OCCF)C(F)(F)F. The molecule has 0 heterocycles. The Hall–Kier alpha value is -1.07. The highest BCUT2D eigenvalue weighted by Gasteiger charge is 2.64. The van der Waals surface area contributed by atoms with Crippen LogP contribution in [0.5, 0.6) is 0 Å². The standard InChI is InChI=1S/C5H4F6O2.CF4/c6-1-2-13-4(8,3(7)12)5(9,10)11;2-1(3,4)5/h1-2H2;. The van der Waals surface area contributed by atoms with Gasteiger partial charge in [0.2, 0.25) is 0 Å². The fourth-order valence-electron chi connectivity index (χ4n) is 0.429. The van der Waals surface area contributed by atoms with Gasteiger partial charge in [0.15, 0.2) is 0 Å². The fraction of sp³-hybridized carbons (Fsp3) is 0.833. The summed E-state index contributed by atoms with van der Waals surface area (Å²) < 4.78 is 112. The van der Waals surface area contributed by atoms with Gasteiger partial charge < -0.3 is 4.74 Å². The van der Waals surface area contributed by atoms with Crippen LogP contribution in [0.2, 0.25) is 0 Å². The minimum atomic E-state index is -5.85. The van der Waals surface area contributed by atoms with Crippen LogP contribution >= 0.6 is 0 Å². The van der Waals surface area contributed by atoms with Crippen LogP contribution < -0.4 is 0 Å². The Bertz CT molecular complexity index is 252. The zero-order valence-electron chi connectivity index (χ0n) is 8.01. The number of alkyl halides is 9. The molecule has 0 aromatic rings. The summed E-state index contributed by atoms with van der Waals surface area (Å²) in [5.41, 5.74) is 0. The van der Waals surface area contributed by atoms with Crippen LogP contribution in [0.15, 0.2) is 0 Å². The predicted octanol–water partition coefficient (Wildman–Crippen LogP) is 3.17.